The predicted octanol–water partition coefficient (Wildman–Crippen LogP) is 4.36. The minimum atomic E-state index is 0.578. The number of hydrogen-bond donors (Lipinski definition) is 0. The van der Waals surface area contributed by atoms with Crippen LogP contribution in [0.25, 0.3) is 6.08 Å². The Labute approximate surface area is 83.9 Å². The Kier molecular flexibility index (Phi) is 3.44. The summed E-state index contributed by atoms with van der Waals surface area (Å²) in [5.41, 5.74) is 1.02. The average molecular weight is 252 g/mol. The SMILES string of the molecule is Clc1ccc(C=CBr)cc1Cl. The smallest absolute Gasteiger partial charge is 0.0598 e. The molecule has 0 unspecified atom stereocenters. The Hall–Kier alpha value is 0.0200. The van der Waals surface area contributed by atoms with Gasteiger partial charge in [0.05, 0.1) is 10.0 Å². The van der Waals surface area contributed by atoms with Crippen molar-refractivity contribution in [3.05, 3.63) is 38.8 Å². The lowest BCUT2D eigenvalue weighted by Crippen LogP contribution is -1.72. The molecule has 11 heavy (non-hydrogen) atoms. The van der Waals surface area contributed by atoms with E-state index >= 15 is 0 Å². The highest BCUT2D eigenvalue weighted by molar-refractivity contribution is 9.11. The standard InChI is InChI=1S/C8H5BrCl2/c9-4-3-6-1-2-7(10)8(11)5-6/h1-5H. The molecule has 0 bridgehead atoms. The van der Waals surface area contributed by atoms with Crippen LogP contribution in [-0.2, 0) is 0 Å². The summed E-state index contributed by atoms with van der Waals surface area (Å²) in [4.78, 5) is 1.77. The van der Waals surface area contributed by atoms with Crippen molar-refractivity contribution in [1.82, 2.24) is 0 Å². The summed E-state index contributed by atoms with van der Waals surface area (Å²) in [5.74, 6) is 0. The molecular formula is C8H5BrCl2. The molecule has 0 aliphatic rings. The first-order valence-corrected chi connectivity index (χ1v) is 4.63. The molecule has 1 aromatic rings. The third-order valence-electron chi connectivity index (χ3n) is 1.20. The van der Waals surface area contributed by atoms with Gasteiger partial charge in [-0.1, -0.05) is 45.2 Å². The van der Waals surface area contributed by atoms with Gasteiger partial charge in [0.15, 0.2) is 0 Å². The van der Waals surface area contributed by atoms with E-state index in [-0.39, 0.29) is 0 Å². The second-order valence-corrected chi connectivity index (χ2v) is 3.31. The Morgan fingerprint density at radius 2 is 1.91 bits per heavy atom. The molecule has 58 valence electrons. The van der Waals surface area contributed by atoms with Gasteiger partial charge in [-0.15, -0.1) is 0 Å². The molecule has 0 N–H and O–H groups in total. The molecular weight excluding hydrogens is 247 g/mol. The van der Waals surface area contributed by atoms with Crippen LogP contribution in [0.2, 0.25) is 10.0 Å². The molecule has 3 heteroatoms. The summed E-state index contributed by atoms with van der Waals surface area (Å²) in [7, 11) is 0. The Morgan fingerprint density at radius 1 is 1.18 bits per heavy atom. The van der Waals surface area contributed by atoms with E-state index < -0.39 is 0 Å². The minimum absolute atomic E-state index is 0.578. The van der Waals surface area contributed by atoms with Crippen LogP contribution >= 0.6 is 39.1 Å². The summed E-state index contributed by atoms with van der Waals surface area (Å²) in [6.07, 6.45) is 1.89. The van der Waals surface area contributed by atoms with Gasteiger partial charge in [0.25, 0.3) is 0 Å². The van der Waals surface area contributed by atoms with E-state index in [9.17, 15) is 0 Å². The van der Waals surface area contributed by atoms with E-state index in [0.29, 0.717) is 10.0 Å². The van der Waals surface area contributed by atoms with Crippen LogP contribution in [0.1, 0.15) is 5.56 Å². The molecule has 1 aromatic carbocycles. The van der Waals surface area contributed by atoms with Crippen molar-refractivity contribution in [2.75, 3.05) is 0 Å². The van der Waals surface area contributed by atoms with Crippen molar-refractivity contribution in [3.63, 3.8) is 0 Å². The third kappa shape index (κ3) is 2.51. The normalized spacial score (nSPS) is 10.8. The molecule has 0 amide bonds. The fourth-order valence-corrected chi connectivity index (χ4v) is 1.30. The summed E-state index contributed by atoms with van der Waals surface area (Å²) < 4.78 is 0. The highest BCUT2D eigenvalue weighted by Crippen LogP contribution is 2.23. The highest BCUT2D eigenvalue weighted by atomic mass is 79.9. The zero-order valence-corrected chi connectivity index (χ0v) is 8.62. The van der Waals surface area contributed by atoms with E-state index in [1.165, 1.54) is 0 Å². The third-order valence-corrected chi connectivity index (χ3v) is 2.20. The molecule has 0 fully saturated rings. The first-order valence-electron chi connectivity index (χ1n) is 2.96. The Morgan fingerprint density at radius 3 is 2.45 bits per heavy atom. The van der Waals surface area contributed by atoms with Gasteiger partial charge >= 0.3 is 0 Å². The lowest BCUT2D eigenvalue weighted by atomic mass is 10.2. The van der Waals surface area contributed by atoms with Crippen LogP contribution < -0.4 is 0 Å². The van der Waals surface area contributed by atoms with Gasteiger partial charge in [-0.2, -0.15) is 0 Å². The fourth-order valence-electron chi connectivity index (χ4n) is 0.689. The quantitative estimate of drug-likeness (QED) is 0.696. The predicted molar refractivity (Wildman–Crippen MR) is 54.4 cm³/mol. The lowest BCUT2D eigenvalue weighted by Gasteiger charge is -1.95. The van der Waals surface area contributed by atoms with Crippen LogP contribution in [0.3, 0.4) is 0 Å². The second-order valence-electron chi connectivity index (χ2n) is 1.97. The molecule has 0 radical (unpaired) electrons. The molecule has 0 nitrogen and oxygen atoms in total. The zero-order chi connectivity index (χ0) is 8.27. The van der Waals surface area contributed by atoms with Gasteiger partial charge in [0, 0.05) is 0 Å². The van der Waals surface area contributed by atoms with E-state index in [1.54, 1.807) is 11.1 Å². The summed E-state index contributed by atoms with van der Waals surface area (Å²) >= 11 is 14.7. The highest BCUT2D eigenvalue weighted by Gasteiger charge is 1.95. The van der Waals surface area contributed by atoms with E-state index in [1.807, 2.05) is 18.2 Å². The number of rotatable bonds is 1. The zero-order valence-electron chi connectivity index (χ0n) is 5.52. The molecule has 0 saturated carbocycles. The molecule has 0 spiro atoms. The van der Waals surface area contributed by atoms with Crippen molar-refractivity contribution in [2.24, 2.45) is 0 Å². The summed E-state index contributed by atoms with van der Waals surface area (Å²) in [5, 5.41) is 1.16. The molecule has 0 saturated heterocycles. The van der Waals surface area contributed by atoms with Gasteiger partial charge in [0.2, 0.25) is 0 Å². The number of hydrogen-bond acceptors (Lipinski definition) is 0. The van der Waals surface area contributed by atoms with Gasteiger partial charge < -0.3 is 0 Å². The molecule has 0 aliphatic carbocycles. The number of halogens is 3. The van der Waals surface area contributed by atoms with Crippen LogP contribution in [-0.4, -0.2) is 0 Å². The van der Waals surface area contributed by atoms with Gasteiger partial charge in [-0.25, -0.2) is 0 Å². The summed E-state index contributed by atoms with van der Waals surface area (Å²) in [6.45, 7) is 0. The minimum Gasteiger partial charge on any atom is -0.0827 e. The van der Waals surface area contributed by atoms with E-state index in [0.717, 1.165) is 5.56 Å². The molecule has 0 aliphatic heterocycles. The fraction of sp³-hybridized carbons (Fsp3) is 0. The lowest BCUT2D eigenvalue weighted by molar-refractivity contribution is 1.66. The topological polar surface area (TPSA) is 0 Å². The maximum absolute atomic E-state index is 5.77. The first-order chi connectivity index (χ1) is 5.24. The van der Waals surface area contributed by atoms with Gasteiger partial charge in [0.1, 0.15) is 0 Å². The van der Waals surface area contributed by atoms with Crippen molar-refractivity contribution in [2.45, 2.75) is 0 Å². The Bertz CT molecular complexity index is 281. The van der Waals surface area contributed by atoms with Crippen LogP contribution in [0.4, 0.5) is 0 Å². The van der Waals surface area contributed by atoms with E-state index in [2.05, 4.69) is 15.9 Å². The monoisotopic (exact) mass is 250 g/mol. The molecule has 0 aromatic heterocycles. The van der Waals surface area contributed by atoms with Crippen molar-refractivity contribution in [3.8, 4) is 0 Å². The van der Waals surface area contributed by atoms with Gasteiger partial charge in [-0.05, 0) is 28.8 Å². The largest absolute Gasteiger partial charge is 0.0827 e. The van der Waals surface area contributed by atoms with Gasteiger partial charge in [-0.3, -0.25) is 0 Å². The first kappa shape index (κ1) is 9.11. The van der Waals surface area contributed by atoms with Crippen LogP contribution in [0, 0.1) is 0 Å². The van der Waals surface area contributed by atoms with Crippen LogP contribution in [0.5, 0.6) is 0 Å². The molecule has 0 heterocycles. The van der Waals surface area contributed by atoms with Crippen molar-refractivity contribution >= 4 is 45.2 Å². The molecule has 0 atom stereocenters. The van der Waals surface area contributed by atoms with Crippen molar-refractivity contribution in [1.29, 1.82) is 0 Å². The average Bonchev–Trinajstić information content (AvgIpc) is 1.98. The van der Waals surface area contributed by atoms with Crippen molar-refractivity contribution < 1.29 is 0 Å². The molecule has 1 rings (SSSR count). The second kappa shape index (κ2) is 4.15. The van der Waals surface area contributed by atoms with E-state index in [4.69, 9.17) is 23.2 Å². The summed E-state index contributed by atoms with van der Waals surface area (Å²) in [6, 6.07) is 5.47. The van der Waals surface area contributed by atoms with Crippen LogP contribution in [0.15, 0.2) is 23.2 Å². The Balaban J connectivity index is 3.05. The maximum atomic E-state index is 5.77. The number of benzene rings is 1. The maximum Gasteiger partial charge on any atom is 0.0598 e.